The molecular formula is C13H14F2N2O4. The zero-order valence-corrected chi connectivity index (χ0v) is 10.9. The molecule has 8 heteroatoms. The highest BCUT2D eigenvalue weighted by molar-refractivity contribution is 5.92. The molecule has 1 saturated heterocycles. The minimum Gasteiger partial charge on any atom is -0.480 e. The fraction of sp³-hybridized carbons (Fsp3) is 0.385. The zero-order chi connectivity index (χ0) is 15.6. The van der Waals surface area contributed by atoms with E-state index in [0.29, 0.717) is 6.07 Å². The number of halogens is 2. The lowest BCUT2D eigenvalue weighted by molar-refractivity contribution is -0.142. The number of carbonyl (C=O) groups is 2. The molecule has 21 heavy (non-hydrogen) atoms. The first kappa shape index (κ1) is 15.3. The molecule has 1 heterocycles. The van der Waals surface area contributed by atoms with E-state index in [-0.39, 0.29) is 25.2 Å². The van der Waals surface area contributed by atoms with Gasteiger partial charge in [0.15, 0.2) is 0 Å². The first-order chi connectivity index (χ1) is 9.86. The first-order valence-corrected chi connectivity index (χ1v) is 6.26. The molecule has 1 aromatic rings. The van der Waals surface area contributed by atoms with Gasteiger partial charge >= 0.3 is 5.97 Å². The first-order valence-electron chi connectivity index (χ1n) is 6.26. The number of β-amino-alcohol motifs (C(OH)–C–C–N with tert-alkyl or cyclic N) is 1. The number of hydrogen-bond donors (Lipinski definition) is 3. The van der Waals surface area contributed by atoms with E-state index >= 15 is 0 Å². The molecule has 0 bridgehead atoms. The molecule has 1 fully saturated rings. The monoisotopic (exact) mass is 300 g/mol. The van der Waals surface area contributed by atoms with E-state index in [1.54, 1.807) is 0 Å². The summed E-state index contributed by atoms with van der Waals surface area (Å²) < 4.78 is 26.1. The van der Waals surface area contributed by atoms with Crippen molar-refractivity contribution in [1.82, 2.24) is 4.90 Å². The Morgan fingerprint density at radius 2 is 2.10 bits per heavy atom. The minimum absolute atomic E-state index is 0.0352. The van der Waals surface area contributed by atoms with Gasteiger partial charge in [-0.15, -0.1) is 0 Å². The molecule has 1 aromatic carbocycles. The van der Waals surface area contributed by atoms with Crippen molar-refractivity contribution in [2.24, 2.45) is 0 Å². The second-order valence-corrected chi connectivity index (χ2v) is 4.85. The molecule has 0 spiro atoms. The number of amides is 1. The van der Waals surface area contributed by atoms with Crippen LogP contribution in [0.3, 0.4) is 0 Å². The van der Waals surface area contributed by atoms with E-state index in [1.165, 1.54) is 4.90 Å². The molecule has 0 saturated carbocycles. The average Bonchev–Trinajstić information content (AvgIpc) is 2.74. The number of aliphatic hydroxyl groups excluding tert-OH is 1. The summed E-state index contributed by atoms with van der Waals surface area (Å²) in [5.41, 5.74) is -0.187. The van der Waals surface area contributed by atoms with E-state index in [4.69, 9.17) is 5.11 Å². The SMILES string of the molecule is O=C(CN1CC(O)CC1C(=O)O)Nc1ccc(F)cc1F. The third kappa shape index (κ3) is 3.73. The Balaban J connectivity index is 1.99. The number of carbonyl (C=O) groups excluding carboxylic acids is 1. The van der Waals surface area contributed by atoms with Crippen LogP contribution < -0.4 is 5.32 Å². The van der Waals surface area contributed by atoms with Crippen LogP contribution in [0, 0.1) is 11.6 Å². The van der Waals surface area contributed by atoms with Crippen LogP contribution in [0.2, 0.25) is 0 Å². The topological polar surface area (TPSA) is 89.9 Å². The van der Waals surface area contributed by atoms with Gasteiger partial charge in [0.1, 0.15) is 17.7 Å². The molecule has 1 amide bonds. The number of hydrogen-bond acceptors (Lipinski definition) is 4. The lowest BCUT2D eigenvalue weighted by atomic mass is 10.2. The highest BCUT2D eigenvalue weighted by Crippen LogP contribution is 2.19. The predicted molar refractivity (Wildman–Crippen MR) is 68.6 cm³/mol. The Labute approximate surface area is 119 Å². The minimum atomic E-state index is -1.13. The van der Waals surface area contributed by atoms with Gasteiger partial charge in [-0.25, -0.2) is 8.78 Å². The van der Waals surface area contributed by atoms with Crippen LogP contribution >= 0.6 is 0 Å². The highest BCUT2D eigenvalue weighted by Gasteiger charge is 2.36. The van der Waals surface area contributed by atoms with Crippen LogP contribution in [0.5, 0.6) is 0 Å². The second kappa shape index (κ2) is 6.15. The van der Waals surface area contributed by atoms with Crippen molar-refractivity contribution < 1.29 is 28.6 Å². The van der Waals surface area contributed by atoms with Gasteiger partial charge in [-0.3, -0.25) is 14.5 Å². The fourth-order valence-electron chi connectivity index (χ4n) is 2.28. The molecule has 0 aliphatic carbocycles. The van der Waals surface area contributed by atoms with Crippen LogP contribution in [0.15, 0.2) is 18.2 Å². The zero-order valence-electron chi connectivity index (χ0n) is 10.9. The number of carboxylic acids is 1. The Morgan fingerprint density at radius 3 is 2.71 bits per heavy atom. The average molecular weight is 300 g/mol. The van der Waals surface area contributed by atoms with Crippen molar-refractivity contribution in [2.75, 3.05) is 18.4 Å². The van der Waals surface area contributed by atoms with Crippen molar-refractivity contribution in [3.8, 4) is 0 Å². The van der Waals surface area contributed by atoms with E-state index in [9.17, 15) is 23.5 Å². The van der Waals surface area contributed by atoms with Gasteiger partial charge < -0.3 is 15.5 Å². The fourth-order valence-corrected chi connectivity index (χ4v) is 2.28. The summed E-state index contributed by atoms with van der Waals surface area (Å²) >= 11 is 0. The van der Waals surface area contributed by atoms with E-state index < -0.39 is 35.7 Å². The maximum absolute atomic E-state index is 13.4. The van der Waals surface area contributed by atoms with Crippen LogP contribution in [-0.2, 0) is 9.59 Å². The summed E-state index contributed by atoms with van der Waals surface area (Å²) in [6.45, 7) is -0.249. The summed E-state index contributed by atoms with van der Waals surface area (Å²) in [5, 5.41) is 20.7. The lowest BCUT2D eigenvalue weighted by Crippen LogP contribution is -2.41. The normalized spacial score (nSPS) is 22.2. The van der Waals surface area contributed by atoms with Gasteiger partial charge in [0.2, 0.25) is 5.91 Å². The quantitative estimate of drug-likeness (QED) is 0.750. The largest absolute Gasteiger partial charge is 0.480 e. The molecule has 114 valence electrons. The van der Waals surface area contributed by atoms with E-state index in [0.717, 1.165) is 12.1 Å². The standard InChI is InChI=1S/C13H14F2N2O4/c14-7-1-2-10(9(15)3-7)16-12(19)6-17-5-8(18)4-11(17)13(20)21/h1-3,8,11,18H,4-6H2,(H,16,19)(H,20,21). The number of anilines is 1. The summed E-state index contributed by atoms with van der Waals surface area (Å²) in [6, 6.07) is 1.76. The number of rotatable bonds is 4. The van der Waals surface area contributed by atoms with Crippen LogP contribution in [-0.4, -0.2) is 52.2 Å². The Morgan fingerprint density at radius 1 is 1.38 bits per heavy atom. The number of nitrogens with zero attached hydrogens (tertiary/aromatic N) is 1. The number of aliphatic carboxylic acids is 1. The molecule has 1 aliphatic rings. The summed E-state index contributed by atoms with van der Waals surface area (Å²) in [7, 11) is 0. The van der Waals surface area contributed by atoms with Crippen molar-refractivity contribution in [1.29, 1.82) is 0 Å². The maximum Gasteiger partial charge on any atom is 0.321 e. The molecule has 2 atom stereocenters. The summed E-state index contributed by atoms with van der Waals surface area (Å²) in [5.74, 6) is -3.45. The smallest absolute Gasteiger partial charge is 0.321 e. The third-order valence-electron chi connectivity index (χ3n) is 3.22. The number of aliphatic hydroxyl groups is 1. The van der Waals surface area contributed by atoms with Gasteiger partial charge in [-0.1, -0.05) is 0 Å². The number of likely N-dealkylation sites (tertiary alicyclic amines) is 1. The summed E-state index contributed by atoms with van der Waals surface area (Å²) in [6.07, 6.45) is -0.783. The van der Waals surface area contributed by atoms with Crippen LogP contribution in [0.25, 0.3) is 0 Å². The molecule has 3 N–H and O–H groups in total. The predicted octanol–water partition coefficient (Wildman–Crippen LogP) is 0.423. The maximum atomic E-state index is 13.4. The molecule has 1 aliphatic heterocycles. The van der Waals surface area contributed by atoms with Crippen molar-refractivity contribution >= 4 is 17.6 Å². The van der Waals surface area contributed by atoms with Crippen molar-refractivity contribution in [2.45, 2.75) is 18.6 Å². The van der Waals surface area contributed by atoms with Crippen LogP contribution in [0.1, 0.15) is 6.42 Å². The second-order valence-electron chi connectivity index (χ2n) is 4.85. The Hall–Kier alpha value is -2.06. The molecular weight excluding hydrogens is 286 g/mol. The molecule has 0 radical (unpaired) electrons. The number of carboxylic acid groups (broad SMARTS) is 1. The Bertz CT molecular complexity index is 567. The highest BCUT2D eigenvalue weighted by atomic mass is 19.1. The third-order valence-corrected chi connectivity index (χ3v) is 3.22. The van der Waals surface area contributed by atoms with Crippen LogP contribution in [0.4, 0.5) is 14.5 Å². The van der Waals surface area contributed by atoms with Gasteiger partial charge in [-0.05, 0) is 12.1 Å². The van der Waals surface area contributed by atoms with E-state index in [2.05, 4.69) is 5.32 Å². The van der Waals surface area contributed by atoms with Crippen molar-refractivity contribution in [3.05, 3.63) is 29.8 Å². The lowest BCUT2D eigenvalue weighted by Gasteiger charge is -2.20. The van der Waals surface area contributed by atoms with Crippen molar-refractivity contribution in [3.63, 3.8) is 0 Å². The Kier molecular flexibility index (Phi) is 4.49. The van der Waals surface area contributed by atoms with Gasteiger partial charge in [0, 0.05) is 19.0 Å². The number of benzene rings is 1. The molecule has 2 rings (SSSR count). The van der Waals surface area contributed by atoms with Gasteiger partial charge in [0.05, 0.1) is 18.3 Å². The van der Waals surface area contributed by atoms with Gasteiger partial charge in [0.25, 0.3) is 0 Å². The molecule has 6 nitrogen and oxygen atoms in total. The molecule has 0 aromatic heterocycles. The van der Waals surface area contributed by atoms with E-state index in [1.807, 2.05) is 0 Å². The number of nitrogens with one attached hydrogen (secondary N) is 1. The van der Waals surface area contributed by atoms with Gasteiger partial charge in [-0.2, -0.15) is 0 Å². The summed E-state index contributed by atoms with van der Waals surface area (Å²) in [4.78, 5) is 24.1. The molecule has 2 unspecified atom stereocenters.